The Morgan fingerprint density at radius 3 is 2.57 bits per heavy atom. The predicted octanol–water partition coefficient (Wildman–Crippen LogP) is -0.152. The van der Waals surface area contributed by atoms with Gasteiger partial charge in [-0.15, -0.1) is 5.10 Å². The molecule has 11 heteroatoms. The Hall–Kier alpha value is -2.59. The van der Waals surface area contributed by atoms with Crippen LogP contribution in [0.15, 0.2) is 0 Å². The van der Waals surface area contributed by atoms with Crippen molar-refractivity contribution in [2.45, 2.75) is 19.9 Å². The van der Waals surface area contributed by atoms with Crippen LogP contribution in [0.2, 0.25) is 0 Å². The summed E-state index contributed by atoms with van der Waals surface area (Å²) < 4.78 is 31.1. The molecule has 9 nitrogen and oxygen atoms in total. The van der Waals surface area contributed by atoms with Crippen molar-refractivity contribution in [2.75, 3.05) is 13.7 Å². The van der Waals surface area contributed by atoms with Gasteiger partial charge < -0.3 is 10.1 Å². The van der Waals surface area contributed by atoms with E-state index in [4.69, 9.17) is 0 Å². The second kappa shape index (κ2) is 7.26. The summed E-state index contributed by atoms with van der Waals surface area (Å²) >= 11 is 0. The topological polar surface area (TPSA) is 115 Å². The third-order valence-corrected chi connectivity index (χ3v) is 2.22. The Kier molecular flexibility index (Phi) is 5.69. The summed E-state index contributed by atoms with van der Waals surface area (Å²) in [5.74, 6) is -1.96. The van der Waals surface area contributed by atoms with Crippen LogP contribution in [0.5, 0.6) is 0 Å². The number of aromatic nitrogens is 3. The Balaban J connectivity index is 2.95. The third kappa shape index (κ3) is 4.19. The van der Waals surface area contributed by atoms with Crippen molar-refractivity contribution >= 4 is 17.9 Å². The standard InChI is InChI=1S/C10H13F2N5O4/c1-3-21-9(19)6-7(8(11)12)17(16-15-6)4-5(18)14-10(20)13-2/h8H,3-4H2,1-2H3,(H2,13,14,18,20). The number of alkyl halides is 2. The fraction of sp³-hybridized carbons (Fsp3) is 0.500. The van der Waals surface area contributed by atoms with Crippen molar-refractivity contribution in [1.82, 2.24) is 25.6 Å². The number of hydrogen-bond acceptors (Lipinski definition) is 6. The maximum Gasteiger partial charge on any atom is 0.361 e. The minimum Gasteiger partial charge on any atom is -0.461 e. The van der Waals surface area contributed by atoms with E-state index in [2.05, 4.69) is 20.4 Å². The lowest BCUT2D eigenvalue weighted by molar-refractivity contribution is -0.120. The normalized spacial score (nSPS) is 10.3. The Labute approximate surface area is 117 Å². The van der Waals surface area contributed by atoms with E-state index in [1.54, 1.807) is 0 Å². The first-order valence-electron chi connectivity index (χ1n) is 5.80. The van der Waals surface area contributed by atoms with E-state index in [9.17, 15) is 23.2 Å². The zero-order valence-corrected chi connectivity index (χ0v) is 11.2. The van der Waals surface area contributed by atoms with E-state index >= 15 is 0 Å². The number of nitrogens with one attached hydrogen (secondary N) is 2. The minimum absolute atomic E-state index is 0.0223. The van der Waals surface area contributed by atoms with Crippen molar-refractivity contribution in [1.29, 1.82) is 0 Å². The monoisotopic (exact) mass is 305 g/mol. The van der Waals surface area contributed by atoms with Gasteiger partial charge in [-0.2, -0.15) is 0 Å². The maximum atomic E-state index is 13.0. The summed E-state index contributed by atoms with van der Waals surface area (Å²) in [4.78, 5) is 33.8. The first-order chi connectivity index (χ1) is 9.90. The molecular formula is C10H13F2N5O4. The van der Waals surface area contributed by atoms with Gasteiger partial charge in [0.1, 0.15) is 12.2 Å². The molecule has 0 aliphatic heterocycles. The molecular weight excluding hydrogens is 292 g/mol. The molecule has 0 radical (unpaired) electrons. The smallest absolute Gasteiger partial charge is 0.361 e. The highest BCUT2D eigenvalue weighted by molar-refractivity contribution is 5.94. The van der Waals surface area contributed by atoms with Crippen molar-refractivity contribution < 1.29 is 27.9 Å². The van der Waals surface area contributed by atoms with E-state index in [1.807, 2.05) is 5.32 Å². The van der Waals surface area contributed by atoms with Crippen molar-refractivity contribution in [3.05, 3.63) is 11.4 Å². The highest BCUT2D eigenvalue weighted by atomic mass is 19.3. The summed E-state index contributed by atoms with van der Waals surface area (Å²) in [6.07, 6.45) is -3.09. The van der Waals surface area contributed by atoms with Crippen molar-refractivity contribution in [3.8, 4) is 0 Å². The van der Waals surface area contributed by atoms with E-state index in [-0.39, 0.29) is 6.61 Å². The van der Waals surface area contributed by atoms with Crippen LogP contribution in [0.4, 0.5) is 13.6 Å². The van der Waals surface area contributed by atoms with Crippen LogP contribution in [-0.2, 0) is 16.1 Å². The van der Waals surface area contributed by atoms with Gasteiger partial charge in [-0.25, -0.2) is 23.1 Å². The molecule has 116 valence electrons. The molecule has 1 rings (SSSR count). The number of esters is 1. The van der Waals surface area contributed by atoms with Gasteiger partial charge >= 0.3 is 12.0 Å². The highest BCUT2D eigenvalue weighted by Crippen LogP contribution is 2.21. The molecule has 0 fully saturated rings. The molecule has 21 heavy (non-hydrogen) atoms. The minimum atomic E-state index is -3.09. The fourth-order valence-corrected chi connectivity index (χ4v) is 1.36. The van der Waals surface area contributed by atoms with Gasteiger partial charge in [-0.3, -0.25) is 10.1 Å². The third-order valence-electron chi connectivity index (χ3n) is 2.22. The first kappa shape index (κ1) is 16.5. The van der Waals surface area contributed by atoms with Crippen molar-refractivity contribution in [3.63, 3.8) is 0 Å². The SMILES string of the molecule is CCOC(=O)c1nnn(CC(=O)NC(=O)NC)c1C(F)F. The second-order valence-electron chi connectivity index (χ2n) is 3.63. The average Bonchev–Trinajstić information content (AvgIpc) is 2.82. The number of imide groups is 1. The summed E-state index contributed by atoms with van der Waals surface area (Å²) in [5, 5.41) is 10.6. The van der Waals surface area contributed by atoms with E-state index < -0.39 is 42.3 Å². The Bertz CT molecular complexity index is 546. The average molecular weight is 305 g/mol. The summed E-state index contributed by atoms with van der Waals surface area (Å²) in [7, 11) is 1.28. The fourth-order valence-electron chi connectivity index (χ4n) is 1.36. The maximum absolute atomic E-state index is 13.0. The van der Waals surface area contributed by atoms with Crippen LogP contribution in [0.3, 0.4) is 0 Å². The van der Waals surface area contributed by atoms with Gasteiger partial charge in [-0.05, 0) is 6.92 Å². The summed E-state index contributed by atoms with van der Waals surface area (Å²) in [5.41, 5.74) is -1.51. The van der Waals surface area contributed by atoms with Gasteiger partial charge in [0.2, 0.25) is 5.91 Å². The van der Waals surface area contributed by atoms with Gasteiger partial charge in [-0.1, -0.05) is 5.21 Å². The van der Waals surface area contributed by atoms with Gasteiger partial charge in [0.15, 0.2) is 5.69 Å². The number of ether oxygens (including phenoxy) is 1. The molecule has 2 N–H and O–H groups in total. The molecule has 0 saturated heterocycles. The zero-order chi connectivity index (χ0) is 16.0. The molecule has 1 aromatic rings. The number of urea groups is 1. The largest absolute Gasteiger partial charge is 0.461 e. The molecule has 0 unspecified atom stereocenters. The van der Waals surface area contributed by atoms with Crippen LogP contribution in [0, 0.1) is 0 Å². The molecule has 0 aliphatic carbocycles. The van der Waals surface area contributed by atoms with Crippen LogP contribution in [-0.4, -0.2) is 46.6 Å². The molecule has 3 amide bonds. The van der Waals surface area contributed by atoms with Crippen LogP contribution in [0.1, 0.15) is 29.5 Å². The second-order valence-corrected chi connectivity index (χ2v) is 3.63. The van der Waals surface area contributed by atoms with Gasteiger partial charge in [0.05, 0.1) is 6.61 Å². The lowest BCUT2D eigenvalue weighted by Gasteiger charge is -2.07. The molecule has 0 spiro atoms. The van der Waals surface area contributed by atoms with Gasteiger partial charge in [0.25, 0.3) is 6.43 Å². The zero-order valence-electron chi connectivity index (χ0n) is 11.2. The van der Waals surface area contributed by atoms with Crippen molar-refractivity contribution in [2.24, 2.45) is 0 Å². The number of carbonyl (C=O) groups is 3. The number of carbonyl (C=O) groups excluding carboxylic acids is 3. The first-order valence-corrected chi connectivity index (χ1v) is 5.80. The number of halogens is 2. The highest BCUT2D eigenvalue weighted by Gasteiger charge is 2.28. The molecule has 1 aromatic heterocycles. The molecule has 0 aromatic carbocycles. The number of amides is 3. The van der Waals surface area contributed by atoms with Crippen LogP contribution in [0.25, 0.3) is 0 Å². The molecule has 0 bridgehead atoms. The molecule has 0 saturated carbocycles. The van der Waals surface area contributed by atoms with E-state index in [0.29, 0.717) is 4.68 Å². The lowest BCUT2D eigenvalue weighted by atomic mass is 10.3. The van der Waals surface area contributed by atoms with Crippen LogP contribution >= 0.6 is 0 Å². The lowest BCUT2D eigenvalue weighted by Crippen LogP contribution is -2.39. The molecule has 1 heterocycles. The molecule has 0 atom stereocenters. The number of hydrogen-bond donors (Lipinski definition) is 2. The molecule has 0 aliphatic rings. The Morgan fingerprint density at radius 2 is 2.05 bits per heavy atom. The Morgan fingerprint density at radius 1 is 1.38 bits per heavy atom. The van der Waals surface area contributed by atoms with Gasteiger partial charge in [0, 0.05) is 7.05 Å². The summed E-state index contributed by atoms with van der Waals surface area (Å²) in [6, 6.07) is -0.802. The van der Waals surface area contributed by atoms with Crippen LogP contribution < -0.4 is 10.6 Å². The number of rotatable bonds is 5. The number of nitrogens with zero attached hydrogens (tertiary/aromatic N) is 3. The van der Waals surface area contributed by atoms with E-state index in [0.717, 1.165) is 0 Å². The summed E-state index contributed by atoms with van der Waals surface area (Å²) in [6.45, 7) is 0.784. The quantitative estimate of drug-likeness (QED) is 0.731. The predicted molar refractivity (Wildman–Crippen MR) is 63.5 cm³/mol. The van der Waals surface area contributed by atoms with E-state index in [1.165, 1.54) is 14.0 Å².